The highest BCUT2D eigenvalue weighted by molar-refractivity contribution is 6.30. The molecular formula is C29H32ClN7O. The number of nitrogens with one attached hydrogen (secondary N) is 1. The Morgan fingerprint density at radius 3 is 2.63 bits per heavy atom. The molecule has 0 saturated carbocycles. The number of pyridine rings is 1. The molecule has 3 aromatic heterocycles. The fraction of sp³-hybridized carbons (Fsp3) is 0.379. The Balaban J connectivity index is 1.58. The van der Waals surface area contributed by atoms with Crippen LogP contribution in [0.1, 0.15) is 84.7 Å². The lowest BCUT2D eigenvalue weighted by Gasteiger charge is -2.29. The van der Waals surface area contributed by atoms with Gasteiger partial charge in [-0.15, -0.1) is 10.2 Å². The van der Waals surface area contributed by atoms with E-state index in [9.17, 15) is 4.79 Å². The third-order valence-electron chi connectivity index (χ3n) is 7.64. The van der Waals surface area contributed by atoms with E-state index in [4.69, 9.17) is 16.6 Å². The molecule has 8 nitrogen and oxygen atoms in total. The van der Waals surface area contributed by atoms with Gasteiger partial charge in [0.05, 0.1) is 11.4 Å². The van der Waals surface area contributed by atoms with Crippen molar-refractivity contribution in [2.24, 2.45) is 0 Å². The predicted molar refractivity (Wildman–Crippen MR) is 150 cm³/mol. The van der Waals surface area contributed by atoms with Gasteiger partial charge in [-0.3, -0.25) is 14.1 Å². The van der Waals surface area contributed by atoms with E-state index >= 15 is 0 Å². The molecule has 1 amide bonds. The van der Waals surface area contributed by atoms with Crippen LogP contribution in [0.25, 0.3) is 11.2 Å². The highest BCUT2D eigenvalue weighted by atomic mass is 35.5. The Labute approximate surface area is 227 Å². The molecule has 6 rings (SSSR count). The summed E-state index contributed by atoms with van der Waals surface area (Å²) in [5.41, 5.74) is 6.14. The Hall–Kier alpha value is -3.49. The Bertz CT molecular complexity index is 1580. The number of halogens is 1. The fourth-order valence-corrected chi connectivity index (χ4v) is 5.92. The number of aryl methyl sites for hydroxylation is 2. The monoisotopic (exact) mass is 529 g/mol. The largest absolute Gasteiger partial charge is 0.323 e. The van der Waals surface area contributed by atoms with Crippen molar-refractivity contribution in [1.82, 2.24) is 29.5 Å². The number of hydrogen-bond donors (Lipinski definition) is 1. The zero-order chi connectivity index (χ0) is 26.7. The highest BCUT2D eigenvalue weighted by Gasteiger charge is 2.45. The number of amides is 1. The van der Waals surface area contributed by atoms with Crippen molar-refractivity contribution in [2.45, 2.75) is 65.6 Å². The van der Waals surface area contributed by atoms with Gasteiger partial charge in [0.15, 0.2) is 11.3 Å². The standard InChI is InChI=1S/C29H32ClN7O/c1-6-22-14-20(11-12-31-22)28-32-24-26(36(28)16(2)3)25(19-7-9-21(30)10-8-19)37(29(24)38)23-13-17(4)27-34-33-18(5)35(27)15-23/h7-10,13-16,22,25,31H,6,11-12H2,1-5H3. The predicted octanol–water partition coefficient (Wildman–Crippen LogP) is 5.68. The van der Waals surface area contributed by atoms with Gasteiger partial charge in [-0.1, -0.05) is 36.7 Å². The molecule has 2 aliphatic rings. The summed E-state index contributed by atoms with van der Waals surface area (Å²) >= 11 is 6.28. The number of fused-ring (bicyclic) bond motifs is 2. The lowest BCUT2D eigenvalue weighted by molar-refractivity contribution is 0.0989. The minimum atomic E-state index is -0.351. The maximum atomic E-state index is 14.3. The molecule has 1 aromatic carbocycles. The van der Waals surface area contributed by atoms with Gasteiger partial charge < -0.3 is 9.88 Å². The van der Waals surface area contributed by atoms with Crippen LogP contribution >= 0.6 is 11.6 Å². The van der Waals surface area contributed by atoms with Gasteiger partial charge in [-0.25, -0.2) is 4.98 Å². The Morgan fingerprint density at radius 2 is 1.92 bits per heavy atom. The fourth-order valence-electron chi connectivity index (χ4n) is 5.79. The van der Waals surface area contributed by atoms with E-state index in [2.05, 4.69) is 46.9 Å². The van der Waals surface area contributed by atoms with E-state index in [-0.39, 0.29) is 18.0 Å². The van der Waals surface area contributed by atoms with Crippen molar-refractivity contribution in [3.8, 4) is 0 Å². The number of aromatic nitrogens is 5. The number of anilines is 1. The molecule has 196 valence electrons. The minimum Gasteiger partial charge on any atom is -0.323 e. The smallest absolute Gasteiger partial charge is 0.279 e. The molecule has 2 unspecified atom stereocenters. The van der Waals surface area contributed by atoms with E-state index in [0.29, 0.717) is 16.8 Å². The molecule has 2 aliphatic heterocycles. The molecule has 0 radical (unpaired) electrons. The molecule has 0 spiro atoms. The maximum Gasteiger partial charge on any atom is 0.279 e. The molecule has 2 atom stereocenters. The molecule has 9 heteroatoms. The summed E-state index contributed by atoms with van der Waals surface area (Å²) in [5, 5.41) is 12.8. The summed E-state index contributed by atoms with van der Waals surface area (Å²) in [4.78, 5) is 21.2. The quantitative estimate of drug-likeness (QED) is 0.359. The van der Waals surface area contributed by atoms with Crippen molar-refractivity contribution in [1.29, 1.82) is 0 Å². The van der Waals surface area contributed by atoms with Gasteiger partial charge in [0.2, 0.25) is 0 Å². The number of nitrogens with zero attached hydrogens (tertiary/aromatic N) is 6. The Morgan fingerprint density at radius 1 is 1.16 bits per heavy atom. The number of hydrogen-bond acceptors (Lipinski definition) is 5. The van der Waals surface area contributed by atoms with Crippen molar-refractivity contribution < 1.29 is 4.79 Å². The van der Waals surface area contributed by atoms with Gasteiger partial charge in [0.1, 0.15) is 17.7 Å². The SMILES string of the molecule is CCC1C=C(c2nc3c(n2C(C)C)C(c2ccc(Cl)cc2)N(c2cc(C)c4nnc(C)n4c2)C3=O)CCN1. The molecule has 38 heavy (non-hydrogen) atoms. The van der Waals surface area contributed by atoms with Gasteiger partial charge in [-0.05, 0) is 82.0 Å². The zero-order valence-corrected chi connectivity index (χ0v) is 23.1. The molecule has 5 heterocycles. The van der Waals surface area contributed by atoms with Crippen LogP contribution in [0, 0.1) is 13.8 Å². The van der Waals surface area contributed by atoms with E-state index < -0.39 is 0 Å². The molecule has 1 N–H and O–H groups in total. The number of imidazole rings is 1. The van der Waals surface area contributed by atoms with E-state index in [1.807, 2.05) is 59.7 Å². The summed E-state index contributed by atoms with van der Waals surface area (Å²) in [7, 11) is 0. The van der Waals surface area contributed by atoms with E-state index in [1.54, 1.807) is 0 Å². The summed E-state index contributed by atoms with van der Waals surface area (Å²) in [6.45, 7) is 11.3. The molecular weight excluding hydrogens is 498 g/mol. The first-order valence-electron chi connectivity index (χ1n) is 13.3. The third-order valence-corrected chi connectivity index (χ3v) is 7.89. The second kappa shape index (κ2) is 9.36. The number of carbonyl (C=O) groups is 1. The second-order valence-corrected chi connectivity index (χ2v) is 10.9. The average Bonchev–Trinajstić information content (AvgIpc) is 3.56. The molecule has 0 fully saturated rings. The third kappa shape index (κ3) is 3.85. The lowest BCUT2D eigenvalue weighted by atomic mass is 10.0. The van der Waals surface area contributed by atoms with Crippen LogP contribution < -0.4 is 10.2 Å². The number of carbonyl (C=O) groups excluding carboxylic acids is 1. The minimum absolute atomic E-state index is 0.105. The van der Waals surface area contributed by atoms with Gasteiger partial charge in [-0.2, -0.15) is 0 Å². The van der Waals surface area contributed by atoms with Gasteiger partial charge >= 0.3 is 0 Å². The van der Waals surface area contributed by atoms with Gasteiger partial charge in [0.25, 0.3) is 5.91 Å². The summed E-state index contributed by atoms with van der Waals surface area (Å²) in [5.74, 6) is 1.57. The summed E-state index contributed by atoms with van der Waals surface area (Å²) < 4.78 is 4.21. The van der Waals surface area contributed by atoms with Crippen molar-refractivity contribution >= 4 is 34.4 Å². The average molecular weight is 530 g/mol. The van der Waals surface area contributed by atoms with Crippen LogP contribution in [0.15, 0.2) is 42.6 Å². The van der Waals surface area contributed by atoms with E-state index in [0.717, 1.165) is 59.2 Å². The molecule has 0 bridgehead atoms. The normalized spacial score (nSPS) is 19.5. The van der Waals surface area contributed by atoms with Crippen LogP contribution in [0.4, 0.5) is 5.69 Å². The van der Waals surface area contributed by atoms with Crippen LogP contribution in [-0.4, -0.2) is 42.6 Å². The number of rotatable bonds is 5. The zero-order valence-electron chi connectivity index (χ0n) is 22.4. The summed E-state index contributed by atoms with van der Waals surface area (Å²) in [6, 6.07) is 9.87. The summed E-state index contributed by atoms with van der Waals surface area (Å²) in [6.07, 6.45) is 6.12. The van der Waals surface area contributed by atoms with Crippen LogP contribution in [0.3, 0.4) is 0 Å². The lowest BCUT2D eigenvalue weighted by Crippen LogP contribution is -2.33. The molecule has 0 saturated heterocycles. The van der Waals surface area contributed by atoms with E-state index in [1.165, 1.54) is 5.57 Å². The Kier molecular flexibility index (Phi) is 6.12. The second-order valence-electron chi connectivity index (χ2n) is 10.5. The first-order valence-corrected chi connectivity index (χ1v) is 13.6. The van der Waals surface area contributed by atoms with Crippen LogP contribution in [-0.2, 0) is 0 Å². The first-order chi connectivity index (χ1) is 18.3. The molecule has 4 aromatic rings. The van der Waals surface area contributed by atoms with Crippen molar-refractivity contribution in [3.05, 3.63) is 81.8 Å². The van der Waals surface area contributed by atoms with Gasteiger partial charge in [0, 0.05) is 23.3 Å². The van der Waals surface area contributed by atoms with Crippen molar-refractivity contribution in [3.63, 3.8) is 0 Å². The van der Waals surface area contributed by atoms with Crippen LogP contribution in [0.2, 0.25) is 5.02 Å². The highest BCUT2D eigenvalue weighted by Crippen LogP contribution is 2.44. The molecule has 0 aliphatic carbocycles. The maximum absolute atomic E-state index is 14.3. The van der Waals surface area contributed by atoms with Crippen molar-refractivity contribution in [2.75, 3.05) is 11.4 Å². The van der Waals surface area contributed by atoms with Crippen LogP contribution in [0.5, 0.6) is 0 Å². The topological polar surface area (TPSA) is 80.3 Å². The first kappa shape index (κ1) is 24.8. The number of benzene rings is 1.